The van der Waals surface area contributed by atoms with Gasteiger partial charge in [0.05, 0.1) is 6.54 Å². The molecule has 1 fully saturated rings. The summed E-state index contributed by atoms with van der Waals surface area (Å²) in [6, 6.07) is 7.57. The SMILES string of the molecule is C/C(Cl)=C\C(Cl)=C/Cc1cccc(C(=O)NCC2CCN(CC(=O)NC(C)(C)C)CC2)c1. The molecule has 5 nitrogen and oxygen atoms in total. The molecule has 7 heteroatoms. The summed E-state index contributed by atoms with van der Waals surface area (Å²) in [6.45, 7) is 10.6. The van der Waals surface area contributed by atoms with Crippen LogP contribution in [0.3, 0.4) is 0 Å². The lowest BCUT2D eigenvalue weighted by molar-refractivity contribution is -0.124. The number of hydrogen-bond donors (Lipinski definition) is 2. The largest absolute Gasteiger partial charge is 0.352 e. The topological polar surface area (TPSA) is 61.4 Å². The van der Waals surface area contributed by atoms with Gasteiger partial charge in [0.2, 0.25) is 5.91 Å². The minimum absolute atomic E-state index is 0.0640. The fourth-order valence-corrected chi connectivity index (χ4v) is 4.07. The fourth-order valence-electron chi connectivity index (χ4n) is 3.65. The summed E-state index contributed by atoms with van der Waals surface area (Å²) in [5, 5.41) is 7.28. The van der Waals surface area contributed by atoms with Gasteiger partial charge in [-0.15, -0.1) is 0 Å². The summed E-state index contributed by atoms with van der Waals surface area (Å²) >= 11 is 12.0. The van der Waals surface area contributed by atoms with Gasteiger partial charge in [0, 0.05) is 27.7 Å². The molecule has 0 aliphatic carbocycles. The normalized spacial score (nSPS) is 16.7. The van der Waals surface area contributed by atoms with E-state index in [1.807, 2.05) is 51.1 Å². The Labute approximate surface area is 202 Å². The quantitative estimate of drug-likeness (QED) is 0.523. The molecule has 0 unspecified atom stereocenters. The zero-order valence-electron chi connectivity index (χ0n) is 19.5. The molecule has 1 saturated heterocycles. The molecule has 2 rings (SSSR count). The average Bonchev–Trinajstić information content (AvgIpc) is 2.70. The smallest absolute Gasteiger partial charge is 0.251 e. The van der Waals surface area contributed by atoms with Gasteiger partial charge in [0.1, 0.15) is 0 Å². The second-order valence-corrected chi connectivity index (χ2v) is 10.5. The standard InChI is InChI=1S/C25H35Cl2N3O2/c1-18(26)14-22(27)9-8-19-6-5-7-21(15-19)24(32)28-16-20-10-12-30(13-11-20)17-23(31)29-25(2,3)4/h5-7,9,14-15,20H,8,10-13,16-17H2,1-4H3,(H,28,32)(H,29,31)/b18-14+,22-9+. The monoisotopic (exact) mass is 479 g/mol. The molecule has 1 aromatic carbocycles. The van der Waals surface area contributed by atoms with Crippen LogP contribution in [-0.2, 0) is 11.2 Å². The van der Waals surface area contributed by atoms with Crippen LogP contribution in [0.2, 0.25) is 0 Å². The molecule has 1 aliphatic rings. The minimum atomic E-state index is -0.209. The van der Waals surface area contributed by atoms with E-state index in [0.29, 0.717) is 41.1 Å². The van der Waals surface area contributed by atoms with E-state index in [4.69, 9.17) is 23.2 Å². The number of carbonyl (C=O) groups is 2. The number of allylic oxidation sites excluding steroid dienone is 4. The van der Waals surface area contributed by atoms with Gasteiger partial charge in [0.25, 0.3) is 5.91 Å². The van der Waals surface area contributed by atoms with E-state index in [9.17, 15) is 9.59 Å². The van der Waals surface area contributed by atoms with Gasteiger partial charge in [-0.05, 0) is 89.7 Å². The van der Waals surface area contributed by atoms with Gasteiger partial charge in [-0.25, -0.2) is 0 Å². The summed E-state index contributed by atoms with van der Waals surface area (Å²) in [5.41, 5.74) is 1.45. The molecule has 0 bridgehead atoms. The van der Waals surface area contributed by atoms with Crippen molar-refractivity contribution in [2.75, 3.05) is 26.2 Å². The molecule has 0 saturated carbocycles. The number of benzene rings is 1. The van der Waals surface area contributed by atoms with Gasteiger partial charge < -0.3 is 10.6 Å². The Bertz CT molecular complexity index is 847. The van der Waals surface area contributed by atoms with Crippen molar-refractivity contribution in [2.24, 2.45) is 5.92 Å². The lowest BCUT2D eigenvalue weighted by Crippen LogP contribution is -2.48. The second-order valence-electron chi connectivity index (χ2n) is 9.45. The third kappa shape index (κ3) is 10.2. The minimum Gasteiger partial charge on any atom is -0.352 e. The molecule has 0 spiro atoms. The van der Waals surface area contributed by atoms with Crippen LogP contribution in [-0.4, -0.2) is 48.4 Å². The Hall–Kier alpha value is -1.82. The average molecular weight is 480 g/mol. The lowest BCUT2D eigenvalue weighted by Gasteiger charge is -2.32. The van der Waals surface area contributed by atoms with Gasteiger partial charge in [-0.1, -0.05) is 41.4 Å². The zero-order chi connectivity index (χ0) is 23.7. The number of nitrogens with one attached hydrogen (secondary N) is 2. The van der Waals surface area contributed by atoms with Crippen LogP contribution in [0, 0.1) is 5.92 Å². The Kier molecular flexibility index (Phi) is 10.3. The third-order valence-corrected chi connectivity index (χ3v) is 5.57. The zero-order valence-corrected chi connectivity index (χ0v) is 21.0. The Balaban J connectivity index is 1.78. The molecule has 176 valence electrons. The molecule has 1 heterocycles. The van der Waals surface area contributed by atoms with E-state index in [2.05, 4.69) is 15.5 Å². The van der Waals surface area contributed by atoms with Crippen molar-refractivity contribution in [1.82, 2.24) is 15.5 Å². The Morgan fingerprint density at radius 3 is 2.50 bits per heavy atom. The predicted molar refractivity (Wildman–Crippen MR) is 133 cm³/mol. The highest BCUT2D eigenvalue weighted by atomic mass is 35.5. The number of nitrogens with zero attached hydrogens (tertiary/aromatic N) is 1. The number of hydrogen-bond acceptors (Lipinski definition) is 3. The van der Waals surface area contributed by atoms with Crippen LogP contribution < -0.4 is 10.6 Å². The highest BCUT2D eigenvalue weighted by Crippen LogP contribution is 2.17. The highest BCUT2D eigenvalue weighted by molar-refractivity contribution is 6.34. The molecule has 1 aromatic rings. The second kappa shape index (κ2) is 12.4. The highest BCUT2D eigenvalue weighted by Gasteiger charge is 2.23. The van der Waals surface area contributed by atoms with Crippen molar-refractivity contribution < 1.29 is 9.59 Å². The van der Waals surface area contributed by atoms with Crippen LogP contribution in [0.15, 0.2) is 46.5 Å². The maximum Gasteiger partial charge on any atom is 0.251 e. The number of piperidine rings is 1. The van der Waals surface area contributed by atoms with E-state index in [1.165, 1.54) is 0 Å². The van der Waals surface area contributed by atoms with Crippen molar-refractivity contribution in [1.29, 1.82) is 0 Å². The van der Waals surface area contributed by atoms with Gasteiger partial charge in [-0.3, -0.25) is 14.5 Å². The molecule has 2 N–H and O–H groups in total. The molecule has 0 radical (unpaired) electrons. The van der Waals surface area contributed by atoms with Gasteiger partial charge in [0.15, 0.2) is 0 Å². The van der Waals surface area contributed by atoms with Crippen molar-refractivity contribution >= 4 is 35.0 Å². The van der Waals surface area contributed by atoms with Gasteiger partial charge >= 0.3 is 0 Å². The number of likely N-dealkylation sites (tertiary alicyclic amines) is 1. The van der Waals surface area contributed by atoms with Crippen LogP contribution in [0.1, 0.15) is 56.5 Å². The first-order valence-electron chi connectivity index (χ1n) is 11.1. The first-order valence-corrected chi connectivity index (χ1v) is 11.9. The summed E-state index contributed by atoms with van der Waals surface area (Å²) in [6.07, 6.45) is 6.14. The van der Waals surface area contributed by atoms with Crippen LogP contribution in [0.4, 0.5) is 0 Å². The van der Waals surface area contributed by atoms with Crippen molar-refractivity contribution in [3.8, 4) is 0 Å². The van der Waals surface area contributed by atoms with Gasteiger partial charge in [-0.2, -0.15) is 0 Å². The molecular weight excluding hydrogens is 445 g/mol. The first kappa shape index (κ1) is 26.4. The maximum absolute atomic E-state index is 12.6. The van der Waals surface area contributed by atoms with Crippen LogP contribution in [0.25, 0.3) is 0 Å². The summed E-state index contributed by atoms with van der Waals surface area (Å²) in [7, 11) is 0. The number of amides is 2. The molecular formula is C25H35Cl2N3O2. The van der Waals surface area contributed by atoms with E-state index < -0.39 is 0 Å². The predicted octanol–water partition coefficient (Wildman–Crippen LogP) is 4.85. The van der Waals surface area contributed by atoms with E-state index in [-0.39, 0.29) is 17.4 Å². The summed E-state index contributed by atoms with van der Waals surface area (Å²) < 4.78 is 0. The van der Waals surface area contributed by atoms with E-state index >= 15 is 0 Å². The molecule has 0 aromatic heterocycles. The maximum atomic E-state index is 12.6. The third-order valence-electron chi connectivity index (χ3n) is 5.20. The van der Waals surface area contributed by atoms with E-state index in [1.54, 1.807) is 13.0 Å². The lowest BCUT2D eigenvalue weighted by atomic mass is 9.96. The van der Waals surface area contributed by atoms with E-state index in [0.717, 1.165) is 31.5 Å². The van der Waals surface area contributed by atoms with Crippen LogP contribution >= 0.6 is 23.2 Å². The molecule has 0 atom stereocenters. The Morgan fingerprint density at radius 2 is 1.88 bits per heavy atom. The van der Waals surface area contributed by atoms with Crippen molar-refractivity contribution in [2.45, 2.75) is 52.5 Å². The molecule has 32 heavy (non-hydrogen) atoms. The van der Waals surface area contributed by atoms with Crippen molar-refractivity contribution in [3.63, 3.8) is 0 Å². The Morgan fingerprint density at radius 1 is 1.19 bits per heavy atom. The van der Waals surface area contributed by atoms with Crippen molar-refractivity contribution in [3.05, 3.63) is 57.6 Å². The number of carbonyl (C=O) groups excluding carboxylic acids is 2. The summed E-state index contributed by atoms with van der Waals surface area (Å²) in [4.78, 5) is 26.9. The molecule has 2 amide bonds. The summed E-state index contributed by atoms with van der Waals surface area (Å²) in [5.74, 6) is 0.427. The fraction of sp³-hybridized carbons (Fsp3) is 0.520. The number of halogens is 2. The number of rotatable bonds is 8. The molecule has 1 aliphatic heterocycles. The first-order chi connectivity index (χ1) is 15.0. The van der Waals surface area contributed by atoms with Crippen LogP contribution in [0.5, 0.6) is 0 Å².